The van der Waals surface area contributed by atoms with E-state index in [1.807, 2.05) is 30.3 Å². The van der Waals surface area contributed by atoms with Crippen LogP contribution < -0.4 is 0 Å². The molecule has 0 spiro atoms. The average Bonchev–Trinajstić information content (AvgIpc) is 3.40. The molecule has 0 N–H and O–H groups in total. The number of halogens is 1. The van der Waals surface area contributed by atoms with Gasteiger partial charge in [0.2, 0.25) is 0 Å². The average molecular weight is 444 g/mol. The molecule has 0 aliphatic carbocycles. The molecule has 2 nitrogen and oxygen atoms in total. The van der Waals surface area contributed by atoms with Crippen molar-refractivity contribution in [3.05, 3.63) is 114 Å². The SMILES string of the molecule is Clc1ccc2c(oc3ccccc32)c1-c1ccc(-n2c3ccccc3c3ccccc32)cc1. The minimum Gasteiger partial charge on any atom is -0.455 e. The molecule has 3 heteroatoms. The van der Waals surface area contributed by atoms with Crippen LogP contribution in [0, 0.1) is 0 Å². The predicted octanol–water partition coefficient (Wildman–Crippen LogP) is 9.00. The van der Waals surface area contributed by atoms with Crippen LogP contribution in [0.1, 0.15) is 0 Å². The Bertz CT molecular complexity index is 1770. The third-order valence-corrected chi connectivity index (χ3v) is 6.81. The summed E-state index contributed by atoms with van der Waals surface area (Å²) in [6, 6.07) is 37.8. The molecule has 156 valence electrons. The standard InChI is InChI=1S/C30H18ClNO/c31-25-18-17-24-23-9-3-6-12-28(23)33-30(24)29(25)19-13-15-20(16-14-19)32-26-10-4-1-7-21(26)22-8-2-5-11-27(22)32/h1-18H. The maximum atomic E-state index is 6.70. The van der Waals surface area contributed by atoms with Crippen LogP contribution >= 0.6 is 11.6 Å². The van der Waals surface area contributed by atoms with Gasteiger partial charge in [-0.2, -0.15) is 0 Å². The molecule has 0 aliphatic heterocycles. The lowest BCUT2D eigenvalue weighted by atomic mass is 10.0. The van der Waals surface area contributed by atoms with Gasteiger partial charge in [-0.15, -0.1) is 0 Å². The Hall–Kier alpha value is -4.01. The maximum absolute atomic E-state index is 6.70. The molecule has 0 radical (unpaired) electrons. The summed E-state index contributed by atoms with van der Waals surface area (Å²) in [4.78, 5) is 0. The van der Waals surface area contributed by atoms with Gasteiger partial charge in [0.15, 0.2) is 0 Å². The fourth-order valence-corrected chi connectivity index (χ4v) is 5.27. The number of fused-ring (bicyclic) bond motifs is 6. The maximum Gasteiger partial charge on any atom is 0.144 e. The van der Waals surface area contributed by atoms with E-state index in [0.717, 1.165) is 38.8 Å². The van der Waals surface area contributed by atoms with E-state index in [1.54, 1.807) is 0 Å². The highest BCUT2D eigenvalue weighted by Crippen LogP contribution is 2.40. The molecule has 0 unspecified atom stereocenters. The van der Waals surface area contributed by atoms with Gasteiger partial charge in [-0.3, -0.25) is 0 Å². The molecule has 2 aromatic heterocycles. The van der Waals surface area contributed by atoms with Crippen molar-refractivity contribution < 1.29 is 4.42 Å². The third-order valence-electron chi connectivity index (χ3n) is 6.49. The van der Waals surface area contributed by atoms with Gasteiger partial charge in [-0.25, -0.2) is 0 Å². The first-order chi connectivity index (χ1) is 16.3. The Balaban J connectivity index is 1.44. The van der Waals surface area contributed by atoms with E-state index in [4.69, 9.17) is 16.0 Å². The molecule has 0 amide bonds. The normalized spacial score (nSPS) is 11.8. The summed E-state index contributed by atoms with van der Waals surface area (Å²) in [6.45, 7) is 0. The third kappa shape index (κ3) is 2.68. The number of nitrogens with zero attached hydrogens (tertiary/aromatic N) is 1. The molecule has 0 saturated heterocycles. The van der Waals surface area contributed by atoms with Crippen LogP contribution in [0.15, 0.2) is 114 Å². The predicted molar refractivity (Wildman–Crippen MR) is 139 cm³/mol. The van der Waals surface area contributed by atoms with Crippen molar-refractivity contribution in [3.8, 4) is 16.8 Å². The van der Waals surface area contributed by atoms with Crippen LogP contribution in [-0.4, -0.2) is 4.57 Å². The second-order valence-electron chi connectivity index (χ2n) is 8.31. The largest absolute Gasteiger partial charge is 0.455 e. The summed E-state index contributed by atoms with van der Waals surface area (Å²) in [6.07, 6.45) is 0. The lowest BCUT2D eigenvalue weighted by molar-refractivity contribution is 0.670. The van der Waals surface area contributed by atoms with Crippen LogP contribution in [0.4, 0.5) is 0 Å². The van der Waals surface area contributed by atoms with Crippen LogP contribution in [0.5, 0.6) is 0 Å². The second kappa shape index (κ2) is 6.99. The number of benzene rings is 5. The molecular formula is C30H18ClNO. The van der Waals surface area contributed by atoms with E-state index in [0.29, 0.717) is 5.02 Å². The van der Waals surface area contributed by atoms with Crippen molar-refractivity contribution in [2.75, 3.05) is 0 Å². The number of hydrogen-bond donors (Lipinski definition) is 0. The van der Waals surface area contributed by atoms with Crippen LogP contribution in [-0.2, 0) is 0 Å². The first kappa shape index (κ1) is 18.6. The van der Waals surface area contributed by atoms with E-state index >= 15 is 0 Å². The van der Waals surface area contributed by atoms with Gasteiger partial charge in [-0.05, 0) is 48.0 Å². The first-order valence-electron chi connectivity index (χ1n) is 11.0. The molecule has 7 aromatic rings. The quantitative estimate of drug-likeness (QED) is 0.260. The topological polar surface area (TPSA) is 18.1 Å². The number of furan rings is 1. The van der Waals surface area contributed by atoms with Gasteiger partial charge in [0.25, 0.3) is 0 Å². The number of para-hydroxylation sites is 3. The highest BCUT2D eigenvalue weighted by Gasteiger charge is 2.16. The Morgan fingerprint density at radius 3 is 1.85 bits per heavy atom. The van der Waals surface area contributed by atoms with Gasteiger partial charge in [0, 0.05) is 32.8 Å². The second-order valence-corrected chi connectivity index (χ2v) is 8.72. The molecule has 0 atom stereocenters. The van der Waals surface area contributed by atoms with Crippen molar-refractivity contribution in [1.29, 1.82) is 0 Å². The van der Waals surface area contributed by atoms with Gasteiger partial charge in [0.05, 0.1) is 16.1 Å². The summed E-state index contributed by atoms with van der Waals surface area (Å²) < 4.78 is 8.56. The molecule has 0 saturated carbocycles. The fraction of sp³-hybridized carbons (Fsp3) is 0. The van der Waals surface area contributed by atoms with Gasteiger partial charge >= 0.3 is 0 Å². The zero-order valence-corrected chi connectivity index (χ0v) is 18.4. The summed E-state index contributed by atoms with van der Waals surface area (Å²) in [5.74, 6) is 0. The van der Waals surface area contributed by atoms with Crippen LogP contribution in [0.3, 0.4) is 0 Å². The van der Waals surface area contributed by atoms with Crippen molar-refractivity contribution in [2.45, 2.75) is 0 Å². The number of hydrogen-bond acceptors (Lipinski definition) is 1. The summed E-state index contributed by atoms with van der Waals surface area (Å²) in [5, 5.41) is 5.38. The Morgan fingerprint density at radius 1 is 0.545 bits per heavy atom. The molecule has 5 aromatic carbocycles. The first-order valence-corrected chi connectivity index (χ1v) is 11.4. The van der Waals surface area contributed by atoms with E-state index < -0.39 is 0 Å². The van der Waals surface area contributed by atoms with Crippen molar-refractivity contribution in [3.63, 3.8) is 0 Å². The zero-order chi connectivity index (χ0) is 21.9. The molecule has 7 rings (SSSR count). The minimum atomic E-state index is 0.686. The fourth-order valence-electron chi connectivity index (χ4n) is 5.01. The van der Waals surface area contributed by atoms with Crippen molar-refractivity contribution in [2.24, 2.45) is 0 Å². The Labute approximate surface area is 195 Å². The minimum absolute atomic E-state index is 0.686. The Morgan fingerprint density at radius 2 is 1.15 bits per heavy atom. The van der Waals surface area contributed by atoms with Gasteiger partial charge < -0.3 is 8.98 Å². The summed E-state index contributed by atoms with van der Waals surface area (Å²) in [7, 11) is 0. The molecule has 0 aliphatic rings. The van der Waals surface area contributed by atoms with E-state index in [2.05, 4.69) is 83.4 Å². The van der Waals surface area contributed by atoms with Crippen molar-refractivity contribution in [1.82, 2.24) is 4.57 Å². The van der Waals surface area contributed by atoms with E-state index in [-0.39, 0.29) is 0 Å². The molecule has 33 heavy (non-hydrogen) atoms. The van der Waals surface area contributed by atoms with Crippen LogP contribution in [0.2, 0.25) is 5.02 Å². The monoisotopic (exact) mass is 443 g/mol. The van der Waals surface area contributed by atoms with Crippen LogP contribution in [0.25, 0.3) is 60.6 Å². The van der Waals surface area contributed by atoms with Gasteiger partial charge in [0.1, 0.15) is 11.2 Å². The smallest absolute Gasteiger partial charge is 0.144 e. The van der Waals surface area contributed by atoms with E-state index in [1.165, 1.54) is 21.8 Å². The van der Waals surface area contributed by atoms with E-state index in [9.17, 15) is 0 Å². The summed E-state index contributed by atoms with van der Waals surface area (Å²) >= 11 is 6.70. The number of rotatable bonds is 2. The molecule has 0 fully saturated rings. The zero-order valence-electron chi connectivity index (χ0n) is 17.6. The molecule has 0 bridgehead atoms. The molecule has 2 heterocycles. The van der Waals surface area contributed by atoms with Gasteiger partial charge in [-0.1, -0.05) is 78.3 Å². The highest BCUT2D eigenvalue weighted by molar-refractivity contribution is 6.35. The number of aromatic nitrogens is 1. The highest BCUT2D eigenvalue weighted by atomic mass is 35.5. The summed E-state index contributed by atoms with van der Waals surface area (Å²) in [5.41, 5.74) is 7.18. The Kier molecular flexibility index (Phi) is 3.93. The lowest BCUT2D eigenvalue weighted by Crippen LogP contribution is -1.93. The molecular weight excluding hydrogens is 426 g/mol. The van der Waals surface area contributed by atoms with Crippen molar-refractivity contribution >= 4 is 55.3 Å². The lowest BCUT2D eigenvalue weighted by Gasteiger charge is -2.10.